The van der Waals surface area contributed by atoms with Crippen molar-refractivity contribution in [3.8, 4) is 0 Å². The van der Waals surface area contributed by atoms with Gasteiger partial charge in [-0.15, -0.1) is 0 Å². The third-order valence-corrected chi connectivity index (χ3v) is 5.17. The summed E-state index contributed by atoms with van der Waals surface area (Å²) in [6, 6.07) is 8.00. The number of nitrogens with zero attached hydrogens (tertiary/aromatic N) is 3. The standard InChI is InChI=1S/C14H16FN3OS/c1-10-7-8-12(9-16-10)11(2)20(3,19)18-14-6-4-5-13(15)17-14/h4-9,11H,1-3H3. The van der Waals surface area contributed by atoms with Gasteiger partial charge < -0.3 is 0 Å². The lowest BCUT2D eigenvalue weighted by Gasteiger charge is -2.13. The fourth-order valence-corrected chi connectivity index (χ4v) is 2.96. The first-order chi connectivity index (χ1) is 9.38. The molecule has 0 fully saturated rings. The van der Waals surface area contributed by atoms with Crippen molar-refractivity contribution in [1.82, 2.24) is 9.97 Å². The molecular weight excluding hydrogens is 277 g/mol. The second-order valence-electron chi connectivity index (χ2n) is 4.65. The predicted molar refractivity (Wildman–Crippen MR) is 77.7 cm³/mol. The van der Waals surface area contributed by atoms with E-state index in [1.807, 2.05) is 26.0 Å². The Kier molecular flexibility index (Phi) is 4.13. The summed E-state index contributed by atoms with van der Waals surface area (Å²) in [4.78, 5) is 7.81. The summed E-state index contributed by atoms with van der Waals surface area (Å²) in [6.07, 6.45) is 3.24. The largest absolute Gasteiger partial charge is 0.261 e. The molecule has 0 radical (unpaired) electrons. The SMILES string of the molecule is Cc1ccc(C(C)S(C)(=O)=Nc2cccc(F)n2)cn1. The van der Waals surface area contributed by atoms with Crippen molar-refractivity contribution in [3.05, 3.63) is 53.7 Å². The lowest BCUT2D eigenvalue weighted by atomic mass is 10.2. The van der Waals surface area contributed by atoms with Crippen LogP contribution in [-0.2, 0) is 9.73 Å². The van der Waals surface area contributed by atoms with Gasteiger partial charge in [0.05, 0.1) is 15.0 Å². The van der Waals surface area contributed by atoms with Crippen LogP contribution in [0.15, 0.2) is 40.9 Å². The van der Waals surface area contributed by atoms with Gasteiger partial charge in [0.15, 0.2) is 5.82 Å². The van der Waals surface area contributed by atoms with Crippen molar-refractivity contribution in [2.45, 2.75) is 19.1 Å². The Morgan fingerprint density at radius 3 is 2.65 bits per heavy atom. The summed E-state index contributed by atoms with van der Waals surface area (Å²) >= 11 is 0. The molecule has 2 aromatic rings. The second kappa shape index (κ2) is 5.66. The zero-order valence-electron chi connectivity index (χ0n) is 11.6. The quantitative estimate of drug-likeness (QED) is 0.815. The van der Waals surface area contributed by atoms with Gasteiger partial charge in [-0.25, -0.2) is 4.21 Å². The summed E-state index contributed by atoms with van der Waals surface area (Å²) in [7, 11) is -2.59. The molecule has 0 bridgehead atoms. The molecular formula is C14H16FN3OS. The number of aryl methyl sites for hydroxylation is 1. The third-order valence-electron chi connectivity index (χ3n) is 3.03. The minimum Gasteiger partial charge on any atom is -0.261 e. The van der Waals surface area contributed by atoms with E-state index in [2.05, 4.69) is 14.3 Å². The topological polar surface area (TPSA) is 55.2 Å². The van der Waals surface area contributed by atoms with Crippen LogP contribution in [0.5, 0.6) is 0 Å². The molecule has 0 N–H and O–H groups in total. The maximum atomic E-state index is 13.0. The van der Waals surface area contributed by atoms with Gasteiger partial charge in [0.25, 0.3) is 0 Å². The maximum absolute atomic E-state index is 13.0. The predicted octanol–water partition coefficient (Wildman–Crippen LogP) is 3.41. The summed E-state index contributed by atoms with van der Waals surface area (Å²) in [5.74, 6) is -0.490. The summed E-state index contributed by atoms with van der Waals surface area (Å²) < 4.78 is 29.8. The number of rotatable bonds is 3. The second-order valence-corrected chi connectivity index (χ2v) is 7.26. The van der Waals surface area contributed by atoms with Crippen LogP contribution in [0.3, 0.4) is 0 Å². The van der Waals surface area contributed by atoms with Crippen molar-refractivity contribution < 1.29 is 8.60 Å². The van der Waals surface area contributed by atoms with Gasteiger partial charge in [-0.05, 0) is 37.6 Å². The first-order valence-corrected chi connectivity index (χ1v) is 8.13. The molecule has 0 amide bonds. The molecule has 2 heterocycles. The highest BCUT2D eigenvalue weighted by atomic mass is 32.2. The molecule has 0 saturated carbocycles. The lowest BCUT2D eigenvalue weighted by molar-refractivity contribution is 0.585. The molecule has 0 aromatic carbocycles. The third kappa shape index (κ3) is 3.39. The average molecular weight is 293 g/mol. The minimum atomic E-state index is -2.59. The number of aromatic nitrogens is 2. The van der Waals surface area contributed by atoms with Crippen LogP contribution >= 0.6 is 0 Å². The lowest BCUT2D eigenvalue weighted by Crippen LogP contribution is -2.08. The molecule has 2 rings (SSSR count). The molecule has 2 unspecified atom stereocenters. The van der Waals surface area contributed by atoms with Gasteiger partial charge in [0, 0.05) is 18.1 Å². The Hall–Kier alpha value is -1.82. The van der Waals surface area contributed by atoms with Crippen LogP contribution in [0, 0.1) is 12.9 Å². The van der Waals surface area contributed by atoms with Gasteiger partial charge in [0.1, 0.15) is 0 Å². The van der Waals surface area contributed by atoms with E-state index in [-0.39, 0.29) is 11.1 Å². The van der Waals surface area contributed by atoms with Crippen molar-refractivity contribution in [1.29, 1.82) is 0 Å². The average Bonchev–Trinajstić information content (AvgIpc) is 2.38. The van der Waals surface area contributed by atoms with E-state index in [9.17, 15) is 8.60 Å². The molecule has 20 heavy (non-hydrogen) atoms. The van der Waals surface area contributed by atoms with E-state index in [0.29, 0.717) is 0 Å². The minimum absolute atomic E-state index is 0.143. The van der Waals surface area contributed by atoms with Crippen LogP contribution in [0.25, 0.3) is 0 Å². The smallest absolute Gasteiger partial charge is 0.214 e. The van der Waals surface area contributed by atoms with E-state index in [1.165, 1.54) is 18.2 Å². The van der Waals surface area contributed by atoms with Crippen LogP contribution in [0.4, 0.5) is 10.2 Å². The zero-order chi connectivity index (χ0) is 14.8. The number of halogens is 1. The Morgan fingerprint density at radius 2 is 2.05 bits per heavy atom. The van der Waals surface area contributed by atoms with E-state index in [4.69, 9.17) is 0 Å². The number of hydrogen-bond donors (Lipinski definition) is 0. The fraction of sp³-hybridized carbons (Fsp3) is 0.286. The fourth-order valence-electron chi connectivity index (χ4n) is 1.69. The summed E-state index contributed by atoms with van der Waals surface area (Å²) in [5.41, 5.74) is 1.73. The van der Waals surface area contributed by atoms with Crippen LogP contribution in [0.2, 0.25) is 0 Å². The molecule has 0 saturated heterocycles. The summed E-state index contributed by atoms with van der Waals surface area (Å²) in [6.45, 7) is 3.70. The normalized spacial score (nSPS) is 15.4. The van der Waals surface area contributed by atoms with E-state index < -0.39 is 15.7 Å². The van der Waals surface area contributed by atoms with Crippen LogP contribution in [-0.4, -0.2) is 20.4 Å². The van der Waals surface area contributed by atoms with Gasteiger partial charge in [-0.1, -0.05) is 12.1 Å². The number of pyridine rings is 2. The Bertz CT molecular complexity index is 721. The molecule has 6 heteroatoms. The van der Waals surface area contributed by atoms with Gasteiger partial charge in [-0.3, -0.25) is 4.98 Å². The molecule has 4 nitrogen and oxygen atoms in total. The van der Waals surface area contributed by atoms with E-state index >= 15 is 0 Å². The van der Waals surface area contributed by atoms with E-state index in [1.54, 1.807) is 12.5 Å². The molecule has 0 aliphatic carbocycles. The van der Waals surface area contributed by atoms with Crippen molar-refractivity contribution in [2.75, 3.05) is 6.26 Å². The van der Waals surface area contributed by atoms with Crippen molar-refractivity contribution in [3.63, 3.8) is 0 Å². The van der Waals surface area contributed by atoms with Gasteiger partial charge in [-0.2, -0.15) is 13.7 Å². The Labute approximate surface area is 118 Å². The highest BCUT2D eigenvalue weighted by molar-refractivity contribution is 7.93. The summed E-state index contributed by atoms with van der Waals surface area (Å²) in [5, 5.41) is -0.319. The van der Waals surface area contributed by atoms with Crippen LogP contribution in [0.1, 0.15) is 23.4 Å². The molecule has 0 aliphatic heterocycles. The highest BCUT2D eigenvalue weighted by Crippen LogP contribution is 2.25. The Morgan fingerprint density at radius 1 is 1.30 bits per heavy atom. The van der Waals surface area contributed by atoms with Gasteiger partial charge >= 0.3 is 0 Å². The maximum Gasteiger partial charge on any atom is 0.214 e. The van der Waals surface area contributed by atoms with Gasteiger partial charge in [0.2, 0.25) is 5.95 Å². The van der Waals surface area contributed by atoms with Crippen molar-refractivity contribution in [2.24, 2.45) is 4.36 Å². The number of hydrogen-bond acceptors (Lipinski definition) is 4. The molecule has 106 valence electrons. The molecule has 0 spiro atoms. The molecule has 2 atom stereocenters. The Balaban J connectivity index is 2.38. The monoisotopic (exact) mass is 293 g/mol. The zero-order valence-corrected chi connectivity index (χ0v) is 12.4. The first-order valence-electron chi connectivity index (χ1n) is 6.14. The molecule has 2 aromatic heterocycles. The first kappa shape index (κ1) is 14.6. The molecule has 0 aliphatic rings. The highest BCUT2D eigenvalue weighted by Gasteiger charge is 2.16. The van der Waals surface area contributed by atoms with E-state index in [0.717, 1.165) is 11.3 Å². The van der Waals surface area contributed by atoms with Crippen molar-refractivity contribution >= 4 is 15.5 Å². The van der Waals surface area contributed by atoms with Crippen LogP contribution < -0.4 is 0 Å².